The van der Waals surface area contributed by atoms with Gasteiger partial charge in [0.25, 0.3) is 0 Å². The number of hydrogen-bond donors (Lipinski definition) is 0. The van der Waals surface area contributed by atoms with Crippen LogP contribution in [0.2, 0.25) is 0 Å². The summed E-state index contributed by atoms with van der Waals surface area (Å²) in [7, 11) is 0. The van der Waals surface area contributed by atoms with Crippen molar-refractivity contribution in [2.75, 3.05) is 11.5 Å². The number of carbonyl (C=O) groups excluding carboxylic acids is 1. The number of benzene rings is 1. The van der Waals surface area contributed by atoms with E-state index in [2.05, 4.69) is 26.0 Å². The number of carbonyl (C=O) groups is 1. The van der Waals surface area contributed by atoms with Crippen LogP contribution < -0.4 is 4.90 Å². The normalized spacial score (nSPS) is 17.7. The number of amides is 1. The molecule has 23 heavy (non-hydrogen) atoms. The van der Waals surface area contributed by atoms with E-state index in [1.165, 1.54) is 17.0 Å². The van der Waals surface area contributed by atoms with Crippen molar-refractivity contribution in [3.8, 4) is 0 Å². The summed E-state index contributed by atoms with van der Waals surface area (Å²) in [6.07, 6.45) is 2.87. The summed E-state index contributed by atoms with van der Waals surface area (Å²) >= 11 is 3.37. The van der Waals surface area contributed by atoms with Crippen molar-refractivity contribution < 1.29 is 13.9 Å². The number of cyclic esters (lactones) is 1. The van der Waals surface area contributed by atoms with Gasteiger partial charge in [-0.25, -0.2) is 18.7 Å². The standard InChI is InChI=1S/C15H10BrFN4O2/c16-11-7-18-20-6-5-13(19-14(11)20)21-12(8-23-15(21)22)9-1-3-10(17)4-2-9/h1-7,12H,8H2/t12-/m1/s1. The second-order valence-corrected chi connectivity index (χ2v) is 5.92. The van der Waals surface area contributed by atoms with Crippen LogP contribution in [0.5, 0.6) is 0 Å². The summed E-state index contributed by atoms with van der Waals surface area (Å²) in [5, 5.41) is 4.12. The molecule has 8 heteroatoms. The maximum atomic E-state index is 13.1. The lowest BCUT2D eigenvalue weighted by atomic mass is 10.1. The Balaban J connectivity index is 1.78. The number of aromatic nitrogens is 3. The summed E-state index contributed by atoms with van der Waals surface area (Å²) in [4.78, 5) is 18.1. The molecule has 0 aliphatic carbocycles. The minimum Gasteiger partial charge on any atom is -0.447 e. The van der Waals surface area contributed by atoms with Gasteiger partial charge in [-0.1, -0.05) is 12.1 Å². The molecule has 0 spiro atoms. The molecule has 0 N–H and O–H groups in total. The van der Waals surface area contributed by atoms with Crippen LogP contribution in [-0.4, -0.2) is 27.3 Å². The Morgan fingerprint density at radius 2 is 2.04 bits per heavy atom. The van der Waals surface area contributed by atoms with E-state index in [0.29, 0.717) is 11.5 Å². The molecule has 116 valence electrons. The average molecular weight is 377 g/mol. The van der Waals surface area contributed by atoms with Gasteiger partial charge < -0.3 is 4.74 Å². The second kappa shape index (κ2) is 5.31. The average Bonchev–Trinajstić information content (AvgIpc) is 3.11. The zero-order valence-electron chi connectivity index (χ0n) is 11.7. The molecular weight excluding hydrogens is 367 g/mol. The quantitative estimate of drug-likeness (QED) is 0.688. The molecular formula is C15H10BrFN4O2. The fourth-order valence-electron chi connectivity index (χ4n) is 2.57. The largest absolute Gasteiger partial charge is 0.447 e. The van der Waals surface area contributed by atoms with Crippen molar-refractivity contribution in [2.24, 2.45) is 0 Å². The summed E-state index contributed by atoms with van der Waals surface area (Å²) in [5.74, 6) is 0.129. The number of nitrogens with zero attached hydrogens (tertiary/aromatic N) is 4. The van der Waals surface area contributed by atoms with Crippen molar-refractivity contribution >= 4 is 33.5 Å². The molecule has 2 aromatic heterocycles. The zero-order valence-corrected chi connectivity index (χ0v) is 13.3. The van der Waals surface area contributed by atoms with Gasteiger partial charge in [-0.15, -0.1) is 0 Å². The van der Waals surface area contributed by atoms with Crippen molar-refractivity contribution in [3.05, 3.63) is 58.6 Å². The third kappa shape index (κ3) is 2.35. The van der Waals surface area contributed by atoms with Crippen LogP contribution in [0.4, 0.5) is 15.0 Å². The van der Waals surface area contributed by atoms with Crippen molar-refractivity contribution in [1.29, 1.82) is 0 Å². The van der Waals surface area contributed by atoms with E-state index in [1.807, 2.05) is 0 Å². The molecule has 3 aromatic rings. The lowest BCUT2D eigenvalue weighted by Crippen LogP contribution is -2.28. The van der Waals surface area contributed by atoms with Crippen LogP contribution in [0.3, 0.4) is 0 Å². The van der Waals surface area contributed by atoms with E-state index in [1.54, 1.807) is 35.1 Å². The van der Waals surface area contributed by atoms with Crippen molar-refractivity contribution in [3.63, 3.8) is 0 Å². The molecule has 3 heterocycles. The lowest BCUT2D eigenvalue weighted by Gasteiger charge is -2.20. The van der Waals surface area contributed by atoms with Crippen molar-refractivity contribution in [1.82, 2.24) is 14.6 Å². The Morgan fingerprint density at radius 1 is 1.26 bits per heavy atom. The highest BCUT2D eigenvalue weighted by molar-refractivity contribution is 9.10. The molecule has 1 aliphatic heterocycles. The number of fused-ring (bicyclic) bond motifs is 1. The number of anilines is 1. The first kappa shape index (κ1) is 14.1. The number of hydrogen-bond acceptors (Lipinski definition) is 4. The van der Waals surface area contributed by atoms with Gasteiger partial charge in [0.05, 0.1) is 10.7 Å². The van der Waals surface area contributed by atoms with Crippen LogP contribution in [0.15, 0.2) is 47.2 Å². The van der Waals surface area contributed by atoms with Crippen LogP contribution in [-0.2, 0) is 4.74 Å². The molecule has 0 saturated carbocycles. The highest BCUT2D eigenvalue weighted by Gasteiger charge is 2.36. The third-order valence-corrected chi connectivity index (χ3v) is 4.25. The molecule has 6 nitrogen and oxygen atoms in total. The third-order valence-electron chi connectivity index (χ3n) is 3.69. The zero-order chi connectivity index (χ0) is 16.0. The summed E-state index contributed by atoms with van der Waals surface area (Å²) < 4.78 is 20.6. The topological polar surface area (TPSA) is 59.7 Å². The van der Waals surface area contributed by atoms with Crippen LogP contribution in [0.1, 0.15) is 11.6 Å². The Labute approximate surface area is 138 Å². The molecule has 1 fully saturated rings. The monoisotopic (exact) mass is 376 g/mol. The summed E-state index contributed by atoms with van der Waals surface area (Å²) in [6.45, 7) is 0.192. The Bertz CT molecular complexity index is 896. The highest BCUT2D eigenvalue weighted by atomic mass is 79.9. The molecule has 1 saturated heterocycles. The van der Waals surface area contributed by atoms with E-state index in [-0.39, 0.29) is 18.5 Å². The van der Waals surface area contributed by atoms with E-state index in [0.717, 1.165) is 10.0 Å². The van der Waals surface area contributed by atoms with E-state index < -0.39 is 6.09 Å². The summed E-state index contributed by atoms with van der Waals surface area (Å²) in [6, 6.07) is 7.35. The van der Waals surface area contributed by atoms with Crippen LogP contribution in [0.25, 0.3) is 5.65 Å². The van der Waals surface area contributed by atoms with Gasteiger partial charge >= 0.3 is 6.09 Å². The Hall–Kier alpha value is -2.48. The molecule has 1 amide bonds. The molecule has 0 radical (unpaired) electrons. The molecule has 0 unspecified atom stereocenters. The van der Waals surface area contributed by atoms with E-state index >= 15 is 0 Å². The number of halogens is 2. The van der Waals surface area contributed by atoms with Gasteiger partial charge in [0.2, 0.25) is 0 Å². The summed E-state index contributed by atoms with van der Waals surface area (Å²) in [5.41, 5.74) is 1.38. The first-order valence-electron chi connectivity index (χ1n) is 6.85. The van der Waals surface area contributed by atoms with Gasteiger partial charge in [0, 0.05) is 6.20 Å². The second-order valence-electron chi connectivity index (χ2n) is 5.06. The predicted octanol–water partition coefficient (Wildman–Crippen LogP) is 3.33. The van der Waals surface area contributed by atoms with Crippen LogP contribution >= 0.6 is 15.9 Å². The molecule has 0 bridgehead atoms. The van der Waals surface area contributed by atoms with Crippen molar-refractivity contribution in [2.45, 2.75) is 6.04 Å². The highest BCUT2D eigenvalue weighted by Crippen LogP contribution is 2.32. The maximum Gasteiger partial charge on any atom is 0.416 e. The first-order valence-corrected chi connectivity index (χ1v) is 7.64. The fourth-order valence-corrected chi connectivity index (χ4v) is 2.93. The maximum absolute atomic E-state index is 13.1. The lowest BCUT2D eigenvalue weighted by molar-refractivity contribution is 0.179. The van der Waals surface area contributed by atoms with Gasteiger partial charge in [-0.05, 0) is 39.7 Å². The van der Waals surface area contributed by atoms with Gasteiger partial charge in [0.1, 0.15) is 24.3 Å². The SMILES string of the molecule is O=C1OC[C@H](c2ccc(F)cc2)N1c1ccn2ncc(Br)c2n1. The van der Waals surface area contributed by atoms with Gasteiger partial charge in [-0.2, -0.15) is 5.10 Å². The first-order chi connectivity index (χ1) is 11.1. The van der Waals surface area contributed by atoms with Gasteiger partial charge in [-0.3, -0.25) is 4.90 Å². The fraction of sp³-hybridized carbons (Fsp3) is 0.133. The molecule has 1 aliphatic rings. The van der Waals surface area contributed by atoms with E-state index in [9.17, 15) is 9.18 Å². The predicted molar refractivity (Wildman–Crippen MR) is 83.7 cm³/mol. The number of rotatable bonds is 2. The minimum atomic E-state index is -0.480. The van der Waals surface area contributed by atoms with Gasteiger partial charge in [0.15, 0.2) is 5.65 Å². The minimum absolute atomic E-state index is 0.192. The molecule has 4 rings (SSSR count). The van der Waals surface area contributed by atoms with E-state index in [4.69, 9.17) is 4.74 Å². The number of ether oxygens (including phenoxy) is 1. The molecule has 1 atom stereocenters. The Morgan fingerprint density at radius 3 is 2.83 bits per heavy atom. The Kier molecular flexibility index (Phi) is 3.26. The smallest absolute Gasteiger partial charge is 0.416 e. The van der Waals surface area contributed by atoms with Crippen LogP contribution in [0, 0.1) is 5.82 Å². The molecule has 1 aromatic carbocycles.